The third kappa shape index (κ3) is 3.63. The SMILES string of the molecule is N#Cc1ccccc1Cn1cncc1CNC1CCN(c2cccnc2)C1=O. The topological polar surface area (TPSA) is 86.8 Å². The van der Waals surface area contributed by atoms with E-state index in [-0.39, 0.29) is 11.9 Å². The van der Waals surface area contributed by atoms with Crippen LogP contribution in [0.15, 0.2) is 61.3 Å². The van der Waals surface area contributed by atoms with Crippen molar-refractivity contribution in [2.45, 2.75) is 25.6 Å². The molecule has 140 valence electrons. The maximum atomic E-state index is 12.7. The van der Waals surface area contributed by atoms with Gasteiger partial charge in [-0.25, -0.2) is 4.98 Å². The van der Waals surface area contributed by atoms with Crippen LogP contribution in [0.4, 0.5) is 5.69 Å². The largest absolute Gasteiger partial charge is 0.329 e. The van der Waals surface area contributed by atoms with Gasteiger partial charge in [0.1, 0.15) is 0 Å². The van der Waals surface area contributed by atoms with Crippen molar-refractivity contribution in [1.29, 1.82) is 5.26 Å². The van der Waals surface area contributed by atoms with E-state index >= 15 is 0 Å². The van der Waals surface area contributed by atoms with Crippen LogP contribution in [0.2, 0.25) is 0 Å². The molecule has 1 aliphatic heterocycles. The van der Waals surface area contributed by atoms with Crippen LogP contribution in [-0.4, -0.2) is 33.0 Å². The molecule has 3 aromatic rings. The number of nitrogens with zero attached hydrogens (tertiary/aromatic N) is 5. The van der Waals surface area contributed by atoms with E-state index in [0.29, 0.717) is 25.2 Å². The van der Waals surface area contributed by atoms with Crippen LogP contribution in [0.1, 0.15) is 23.2 Å². The summed E-state index contributed by atoms with van der Waals surface area (Å²) in [6.07, 6.45) is 7.70. The van der Waals surface area contributed by atoms with Crippen LogP contribution in [0.3, 0.4) is 0 Å². The molecule has 0 spiro atoms. The molecular formula is C21H20N6O. The fraction of sp³-hybridized carbons (Fsp3) is 0.238. The van der Waals surface area contributed by atoms with Gasteiger partial charge < -0.3 is 14.8 Å². The quantitative estimate of drug-likeness (QED) is 0.716. The number of hydrogen-bond acceptors (Lipinski definition) is 5. The van der Waals surface area contributed by atoms with E-state index in [1.165, 1.54) is 0 Å². The Morgan fingerprint density at radius 2 is 2.07 bits per heavy atom. The third-order valence-electron chi connectivity index (χ3n) is 4.97. The minimum absolute atomic E-state index is 0.0638. The number of carbonyl (C=O) groups excluding carboxylic acids is 1. The lowest BCUT2D eigenvalue weighted by Crippen LogP contribution is -2.38. The molecule has 0 bridgehead atoms. The molecule has 0 aliphatic carbocycles. The predicted octanol–water partition coefficient (Wildman–Crippen LogP) is 2.09. The maximum Gasteiger partial charge on any atom is 0.244 e. The number of pyridine rings is 1. The van der Waals surface area contributed by atoms with Crippen LogP contribution in [-0.2, 0) is 17.9 Å². The highest BCUT2D eigenvalue weighted by molar-refractivity contribution is 5.99. The molecule has 0 radical (unpaired) electrons. The number of imidazole rings is 1. The summed E-state index contributed by atoms with van der Waals surface area (Å²) in [7, 11) is 0. The number of aromatic nitrogens is 3. The molecule has 1 saturated heterocycles. The molecule has 28 heavy (non-hydrogen) atoms. The standard InChI is InChI=1S/C21H20N6O/c22-10-16-4-1-2-5-17(16)14-26-15-24-12-19(26)13-25-20-7-9-27(21(20)28)18-6-3-8-23-11-18/h1-6,8,11-12,15,20,25H,7,9,13-14H2. The predicted molar refractivity (Wildman–Crippen MR) is 104 cm³/mol. The first-order valence-electron chi connectivity index (χ1n) is 9.18. The Balaban J connectivity index is 1.41. The number of anilines is 1. The molecule has 1 amide bonds. The Hall–Kier alpha value is -3.50. The van der Waals surface area contributed by atoms with Gasteiger partial charge in [0.15, 0.2) is 0 Å². The van der Waals surface area contributed by atoms with Crippen molar-refractivity contribution in [1.82, 2.24) is 19.9 Å². The van der Waals surface area contributed by atoms with Gasteiger partial charge in [-0.2, -0.15) is 5.26 Å². The molecular weight excluding hydrogens is 352 g/mol. The average molecular weight is 372 g/mol. The molecule has 1 aliphatic rings. The number of hydrogen-bond donors (Lipinski definition) is 1. The smallest absolute Gasteiger partial charge is 0.244 e. The summed E-state index contributed by atoms with van der Waals surface area (Å²) in [5, 5.41) is 12.6. The second-order valence-corrected chi connectivity index (χ2v) is 6.71. The zero-order valence-electron chi connectivity index (χ0n) is 15.3. The number of benzene rings is 1. The van der Waals surface area contributed by atoms with E-state index in [1.807, 2.05) is 41.0 Å². The Labute approximate surface area is 163 Å². The molecule has 1 N–H and O–H groups in total. The van der Waals surface area contributed by atoms with Crippen molar-refractivity contribution in [3.8, 4) is 6.07 Å². The molecule has 1 atom stereocenters. The van der Waals surface area contributed by atoms with Gasteiger partial charge in [-0.1, -0.05) is 18.2 Å². The molecule has 1 aromatic carbocycles. The summed E-state index contributed by atoms with van der Waals surface area (Å²) in [6, 6.07) is 13.3. The number of amides is 1. The van der Waals surface area contributed by atoms with Gasteiger partial charge in [-0.05, 0) is 30.2 Å². The molecule has 0 saturated carbocycles. The summed E-state index contributed by atoms with van der Waals surface area (Å²) in [5.74, 6) is 0.0638. The van der Waals surface area contributed by atoms with Gasteiger partial charge in [-0.3, -0.25) is 9.78 Å². The minimum Gasteiger partial charge on any atom is -0.329 e. The first kappa shape index (κ1) is 17.9. The molecule has 4 rings (SSSR count). The molecule has 2 aromatic heterocycles. The van der Waals surface area contributed by atoms with Crippen molar-refractivity contribution in [2.75, 3.05) is 11.4 Å². The highest BCUT2D eigenvalue weighted by Gasteiger charge is 2.32. The lowest BCUT2D eigenvalue weighted by Gasteiger charge is -2.17. The first-order valence-corrected chi connectivity index (χ1v) is 9.18. The van der Waals surface area contributed by atoms with Crippen molar-refractivity contribution in [3.63, 3.8) is 0 Å². The zero-order chi connectivity index (χ0) is 19.3. The summed E-state index contributed by atoms with van der Waals surface area (Å²) in [6.45, 7) is 1.78. The van der Waals surface area contributed by atoms with Crippen molar-refractivity contribution in [3.05, 3.63) is 78.1 Å². The second kappa shape index (κ2) is 8.03. The Morgan fingerprint density at radius 1 is 1.18 bits per heavy atom. The van der Waals surface area contributed by atoms with Crippen LogP contribution >= 0.6 is 0 Å². The van der Waals surface area contributed by atoms with E-state index < -0.39 is 0 Å². The van der Waals surface area contributed by atoms with Gasteiger partial charge in [0, 0.05) is 25.5 Å². The molecule has 7 heteroatoms. The van der Waals surface area contributed by atoms with Crippen molar-refractivity contribution < 1.29 is 4.79 Å². The lowest BCUT2D eigenvalue weighted by molar-refractivity contribution is -0.118. The normalized spacial score (nSPS) is 16.3. The number of carbonyl (C=O) groups is 1. The highest BCUT2D eigenvalue weighted by atomic mass is 16.2. The molecule has 7 nitrogen and oxygen atoms in total. The highest BCUT2D eigenvalue weighted by Crippen LogP contribution is 2.20. The average Bonchev–Trinajstić information content (AvgIpc) is 3.33. The summed E-state index contributed by atoms with van der Waals surface area (Å²) in [5.41, 5.74) is 3.41. The van der Waals surface area contributed by atoms with E-state index in [9.17, 15) is 10.1 Å². The van der Waals surface area contributed by atoms with Crippen LogP contribution in [0.5, 0.6) is 0 Å². The van der Waals surface area contributed by atoms with Gasteiger partial charge in [0.05, 0.1) is 48.1 Å². The zero-order valence-corrected chi connectivity index (χ0v) is 15.3. The van der Waals surface area contributed by atoms with E-state index in [2.05, 4.69) is 21.4 Å². The third-order valence-corrected chi connectivity index (χ3v) is 4.97. The van der Waals surface area contributed by atoms with Gasteiger partial charge in [-0.15, -0.1) is 0 Å². The summed E-state index contributed by atoms with van der Waals surface area (Å²) < 4.78 is 2.00. The fourth-order valence-electron chi connectivity index (χ4n) is 3.46. The number of nitriles is 1. The summed E-state index contributed by atoms with van der Waals surface area (Å²) >= 11 is 0. The minimum atomic E-state index is -0.227. The van der Waals surface area contributed by atoms with E-state index in [1.54, 1.807) is 29.8 Å². The van der Waals surface area contributed by atoms with Crippen LogP contribution in [0.25, 0.3) is 0 Å². The van der Waals surface area contributed by atoms with E-state index in [0.717, 1.165) is 23.4 Å². The summed E-state index contributed by atoms with van der Waals surface area (Å²) in [4.78, 5) is 22.8. The Kier molecular flexibility index (Phi) is 5.13. The lowest BCUT2D eigenvalue weighted by atomic mass is 10.1. The van der Waals surface area contributed by atoms with E-state index in [4.69, 9.17) is 0 Å². The van der Waals surface area contributed by atoms with Crippen LogP contribution in [0, 0.1) is 11.3 Å². The van der Waals surface area contributed by atoms with Crippen LogP contribution < -0.4 is 10.2 Å². The Morgan fingerprint density at radius 3 is 2.89 bits per heavy atom. The number of rotatable bonds is 6. The fourth-order valence-corrected chi connectivity index (χ4v) is 3.46. The van der Waals surface area contributed by atoms with Gasteiger partial charge in [0.2, 0.25) is 5.91 Å². The van der Waals surface area contributed by atoms with Crippen molar-refractivity contribution >= 4 is 11.6 Å². The first-order chi connectivity index (χ1) is 13.8. The molecule has 1 unspecified atom stereocenters. The van der Waals surface area contributed by atoms with Gasteiger partial charge >= 0.3 is 0 Å². The van der Waals surface area contributed by atoms with Gasteiger partial charge in [0.25, 0.3) is 0 Å². The molecule has 1 fully saturated rings. The number of nitrogens with one attached hydrogen (secondary N) is 1. The Bertz CT molecular complexity index is 1010. The van der Waals surface area contributed by atoms with Crippen molar-refractivity contribution in [2.24, 2.45) is 0 Å². The molecule has 3 heterocycles. The monoisotopic (exact) mass is 372 g/mol. The second-order valence-electron chi connectivity index (χ2n) is 6.71. The maximum absolute atomic E-state index is 12.7.